The third kappa shape index (κ3) is 4.10. The van der Waals surface area contributed by atoms with E-state index in [1.165, 1.54) is 47.9 Å². The van der Waals surface area contributed by atoms with E-state index in [1.807, 2.05) is 0 Å². The van der Waals surface area contributed by atoms with E-state index in [2.05, 4.69) is 83.3 Å². The predicted molar refractivity (Wildman–Crippen MR) is 105 cm³/mol. The average Bonchev–Trinajstić information content (AvgIpc) is 2.66. The Morgan fingerprint density at radius 2 is 1.21 bits per heavy atom. The molecule has 24 heavy (non-hydrogen) atoms. The second kappa shape index (κ2) is 8.83. The van der Waals surface area contributed by atoms with Gasteiger partial charge in [-0.1, -0.05) is 85.1 Å². The van der Waals surface area contributed by atoms with E-state index in [9.17, 15) is 0 Å². The van der Waals surface area contributed by atoms with Crippen LogP contribution in [0.1, 0.15) is 31.0 Å². The number of nitrogens with zero attached hydrogens (tertiary/aromatic N) is 2. The van der Waals surface area contributed by atoms with Gasteiger partial charge in [0.2, 0.25) is 0 Å². The monoisotopic (exact) mass is 336 g/mol. The Labute approximate surface area is 151 Å². The van der Waals surface area contributed by atoms with Crippen LogP contribution in [0.3, 0.4) is 0 Å². The molecule has 0 spiro atoms. The molecule has 0 aliphatic carbocycles. The largest absolute Gasteiger partial charge is 0.382 e. The van der Waals surface area contributed by atoms with Crippen LogP contribution in [0.2, 0.25) is 10.6 Å². The van der Waals surface area contributed by atoms with Crippen LogP contribution in [-0.4, -0.2) is 49.3 Å². The molecular formula is C21H29AlN2. The summed E-state index contributed by atoms with van der Waals surface area (Å²) in [6.45, 7) is 9.60. The van der Waals surface area contributed by atoms with Crippen LogP contribution in [0.15, 0.2) is 60.7 Å². The molecule has 0 atom stereocenters. The van der Waals surface area contributed by atoms with Crippen LogP contribution in [0, 0.1) is 0 Å². The smallest absolute Gasteiger partial charge is 0.372 e. The SMILES string of the molecule is C[CH2][Al]([CH2]C)[N]1CCN(C(c2ccccc2)c2ccccc2)CC1. The summed E-state index contributed by atoms with van der Waals surface area (Å²) in [5, 5.41) is 2.80. The summed E-state index contributed by atoms with van der Waals surface area (Å²) >= 11 is -0.673. The highest BCUT2D eigenvalue weighted by atomic mass is 27.2. The summed E-state index contributed by atoms with van der Waals surface area (Å²) in [6.07, 6.45) is 0. The minimum atomic E-state index is -0.673. The lowest BCUT2D eigenvalue weighted by Gasteiger charge is -2.42. The predicted octanol–water partition coefficient (Wildman–Crippen LogP) is 4.42. The summed E-state index contributed by atoms with van der Waals surface area (Å²) in [4.78, 5) is 2.68. The molecule has 2 aromatic rings. The normalized spacial score (nSPS) is 16.5. The highest BCUT2D eigenvalue weighted by molar-refractivity contribution is 6.55. The maximum absolute atomic E-state index is 2.82. The molecule has 0 saturated carbocycles. The van der Waals surface area contributed by atoms with Gasteiger partial charge in [0, 0.05) is 13.1 Å². The minimum Gasteiger partial charge on any atom is -0.382 e. The zero-order chi connectivity index (χ0) is 16.8. The second-order valence-corrected chi connectivity index (χ2v) is 10.4. The first-order chi connectivity index (χ1) is 11.8. The number of piperazine rings is 1. The molecule has 3 rings (SSSR count). The van der Waals surface area contributed by atoms with Gasteiger partial charge in [-0.15, -0.1) is 0 Å². The average molecular weight is 336 g/mol. The fourth-order valence-corrected chi connectivity index (χ4v) is 6.62. The molecule has 3 heteroatoms. The molecule has 0 unspecified atom stereocenters. The van der Waals surface area contributed by atoms with Gasteiger partial charge in [0.05, 0.1) is 6.04 Å². The molecular weight excluding hydrogens is 307 g/mol. The molecule has 126 valence electrons. The van der Waals surface area contributed by atoms with Gasteiger partial charge in [-0.05, 0) is 24.2 Å². The fraction of sp³-hybridized carbons (Fsp3) is 0.429. The minimum absolute atomic E-state index is 0.387. The van der Waals surface area contributed by atoms with Crippen molar-refractivity contribution in [1.82, 2.24) is 8.78 Å². The summed E-state index contributed by atoms with van der Waals surface area (Å²) in [6, 6.07) is 22.4. The van der Waals surface area contributed by atoms with E-state index in [0.29, 0.717) is 6.04 Å². The van der Waals surface area contributed by atoms with Crippen molar-refractivity contribution in [1.29, 1.82) is 0 Å². The third-order valence-corrected chi connectivity index (χ3v) is 8.84. The van der Waals surface area contributed by atoms with E-state index in [1.54, 1.807) is 0 Å². The molecule has 1 saturated heterocycles. The lowest BCUT2D eigenvalue weighted by Crippen LogP contribution is -2.52. The first-order valence-corrected chi connectivity index (χ1v) is 11.6. The molecule has 1 aliphatic heterocycles. The van der Waals surface area contributed by atoms with E-state index >= 15 is 0 Å². The third-order valence-electron chi connectivity index (χ3n) is 5.40. The first-order valence-electron chi connectivity index (χ1n) is 9.41. The molecule has 0 aromatic heterocycles. The Kier molecular flexibility index (Phi) is 6.52. The second-order valence-electron chi connectivity index (χ2n) is 6.77. The Balaban J connectivity index is 1.78. The maximum Gasteiger partial charge on any atom is 0.372 e. The van der Waals surface area contributed by atoms with Gasteiger partial charge in [-0.3, -0.25) is 4.90 Å². The van der Waals surface area contributed by atoms with Gasteiger partial charge in [-0.25, -0.2) is 0 Å². The molecule has 0 amide bonds. The van der Waals surface area contributed by atoms with Crippen molar-refractivity contribution in [2.24, 2.45) is 0 Å². The summed E-state index contributed by atoms with van der Waals surface area (Å²) in [7, 11) is 0. The lowest BCUT2D eigenvalue weighted by atomic mass is 9.96. The van der Waals surface area contributed by atoms with E-state index in [0.717, 1.165) is 0 Å². The van der Waals surface area contributed by atoms with Crippen molar-refractivity contribution in [3.8, 4) is 0 Å². The zero-order valence-electron chi connectivity index (χ0n) is 15.1. The van der Waals surface area contributed by atoms with E-state index in [-0.39, 0.29) is 0 Å². The van der Waals surface area contributed by atoms with Crippen molar-refractivity contribution in [2.45, 2.75) is 30.5 Å². The molecule has 0 bridgehead atoms. The first kappa shape index (κ1) is 17.7. The summed E-state index contributed by atoms with van der Waals surface area (Å²) in [5.74, 6) is 0. The van der Waals surface area contributed by atoms with Crippen LogP contribution < -0.4 is 0 Å². The zero-order valence-corrected chi connectivity index (χ0v) is 16.2. The Bertz CT molecular complexity index is 550. The lowest BCUT2D eigenvalue weighted by molar-refractivity contribution is 0.153. The fourth-order valence-electron chi connectivity index (χ4n) is 4.05. The number of benzene rings is 2. The Morgan fingerprint density at radius 1 is 0.750 bits per heavy atom. The van der Waals surface area contributed by atoms with Crippen molar-refractivity contribution in [3.63, 3.8) is 0 Å². The van der Waals surface area contributed by atoms with Crippen molar-refractivity contribution in [3.05, 3.63) is 71.8 Å². The van der Waals surface area contributed by atoms with Gasteiger partial charge in [0.15, 0.2) is 0 Å². The number of rotatable bonds is 6. The molecule has 1 heterocycles. The molecule has 0 N–H and O–H groups in total. The van der Waals surface area contributed by atoms with Crippen molar-refractivity contribution in [2.75, 3.05) is 26.2 Å². The van der Waals surface area contributed by atoms with Crippen LogP contribution in [0.4, 0.5) is 0 Å². The molecule has 1 fully saturated rings. The van der Waals surface area contributed by atoms with Crippen LogP contribution >= 0.6 is 0 Å². The highest BCUT2D eigenvalue weighted by Crippen LogP contribution is 2.29. The van der Waals surface area contributed by atoms with Crippen LogP contribution in [0.25, 0.3) is 0 Å². The maximum atomic E-state index is 2.82. The van der Waals surface area contributed by atoms with Crippen molar-refractivity contribution < 1.29 is 0 Å². The summed E-state index contributed by atoms with van der Waals surface area (Å²) in [5.41, 5.74) is 2.83. The van der Waals surface area contributed by atoms with E-state index < -0.39 is 14.4 Å². The number of hydrogen-bond acceptors (Lipinski definition) is 2. The molecule has 1 aliphatic rings. The molecule has 0 radical (unpaired) electrons. The highest BCUT2D eigenvalue weighted by Gasteiger charge is 2.30. The quantitative estimate of drug-likeness (QED) is 0.720. The van der Waals surface area contributed by atoms with Crippen LogP contribution in [-0.2, 0) is 0 Å². The van der Waals surface area contributed by atoms with Gasteiger partial charge in [0.25, 0.3) is 0 Å². The summed E-state index contributed by atoms with van der Waals surface area (Å²) < 4.78 is 2.82. The Hall–Kier alpha value is -1.11. The van der Waals surface area contributed by atoms with Gasteiger partial charge in [-0.2, -0.15) is 0 Å². The van der Waals surface area contributed by atoms with Gasteiger partial charge >= 0.3 is 14.4 Å². The van der Waals surface area contributed by atoms with Crippen molar-refractivity contribution >= 4 is 14.4 Å². The molecule has 2 nitrogen and oxygen atoms in total. The molecule has 2 aromatic carbocycles. The van der Waals surface area contributed by atoms with Gasteiger partial charge in [0.1, 0.15) is 0 Å². The standard InChI is InChI=1S/C17H19N2.2C2H5.Al/c1-3-7-15(8-4-1)17(16-9-5-2-6-10-16)19-13-11-18-12-14-19;2*1-2;/h1-10,17H,11-14H2;2*1H2,2H3;/q-1;;;+1. The topological polar surface area (TPSA) is 6.48 Å². The van der Waals surface area contributed by atoms with E-state index in [4.69, 9.17) is 0 Å². The van der Waals surface area contributed by atoms with Gasteiger partial charge < -0.3 is 3.88 Å². The van der Waals surface area contributed by atoms with Crippen LogP contribution in [0.5, 0.6) is 0 Å². The number of hydrogen-bond donors (Lipinski definition) is 0. The Morgan fingerprint density at radius 3 is 1.62 bits per heavy atom.